The Kier molecular flexibility index (Phi) is 3.58. The van der Waals surface area contributed by atoms with Gasteiger partial charge in [0.05, 0.1) is 16.8 Å². The second kappa shape index (κ2) is 6.13. The van der Waals surface area contributed by atoms with Gasteiger partial charge in [0.2, 0.25) is 0 Å². The van der Waals surface area contributed by atoms with Crippen LogP contribution in [0.4, 0.5) is 0 Å². The van der Waals surface area contributed by atoms with Gasteiger partial charge in [-0.15, -0.1) is 0 Å². The summed E-state index contributed by atoms with van der Waals surface area (Å²) in [6.07, 6.45) is 5.21. The molecule has 6 heteroatoms. The standard InChI is InChI=1S/C22H17N3O3/c26-20-10-21(27)19(25-8-6-14-11-23-7-5-18(14)25)9-17(20)22(28)24-12-15-3-1-2-4-16(15)13-24/h1-11,26-27H,12-13H2. The Hall–Kier alpha value is -3.80. The van der Waals surface area contributed by atoms with E-state index in [1.807, 2.05) is 36.4 Å². The molecular weight excluding hydrogens is 354 g/mol. The summed E-state index contributed by atoms with van der Waals surface area (Å²) in [5, 5.41) is 21.7. The first-order chi connectivity index (χ1) is 13.6. The number of phenols is 2. The molecule has 0 fully saturated rings. The van der Waals surface area contributed by atoms with Crippen LogP contribution in [0.25, 0.3) is 16.6 Å². The first kappa shape index (κ1) is 16.4. The van der Waals surface area contributed by atoms with Gasteiger partial charge in [0.1, 0.15) is 11.5 Å². The van der Waals surface area contributed by atoms with Crippen molar-refractivity contribution >= 4 is 16.8 Å². The minimum atomic E-state index is -0.270. The van der Waals surface area contributed by atoms with Crippen LogP contribution in [0.15, 0.2) is 67.1 Å². The van der Waals surface area contributed by atoms with Crippen LogP contribution in [0.3, 0.4) is 0 Å². The largest absolute Gasteiger partial charge is 0.507 e. The highest BCUT2D eigenvalue weighted by Gasteiger charge is 2.27. The van der Waals surface area contributed by atoms with Crippen molar-refractivity contribution in [3.05, 3.63) is 83.8 Å². The lowest BCUT2D eigenvalue weighted by Gasteiger charge is -2.18. The summed E-state index contributed by atoms with van der Waals surface area (Å²) in [4.78, 5) is 18.9. The first-order valence-corrected chi connectivity index (χ1v) is 8.95. The first-order valence-electron chi connectivity index (χ1n) is 8.95. The smallest absolute Gasteiger partial charge is 0.258 e. The molecule has 1 amide bonds. The number of fused-ring (bicyclic) bond motifs is 2. The molecule has 2 aromatic heterocycles. The molecule has 5 rings (SSSR count). The van der Waals surface area contributed by atoms with Crippen LogP contribution in [-0.4, -0.2) is 30.6 Å². The summed E-state index contributed by atoms with van der Waals surface area (Å²) in [6.45, 7) is 1.01. The molecule has 4 aromatic rings. The zero-order valence-electron chi connectivity index (χ0n) is 14.9. The fraction of sp³-hybridized carbons (Fsp3) is 0.0909. The zero-order valence-corrected chi connectivity index (χ0v) is 14.9. The molecule has 1 aliphatic heterocycles. The highest BCUT2D eigenvalue weighted by molar-refractivity contribution is 5.98. The minimum Gasteiger partial charge on any atom is -0.507 e. The summed E-state index contributed by atoms with van der Waals surface area (Å²) < 4.78 is 1.78. The molecular formula is C22H17N3O3. The van der Waals surface area contributed by atoms with Crippen LogP contribution in [0, 0.1) is 0 Å². The van der Waals surface area contributed by atoms with Crippen LogP contribution >= 0.6 is 0 Å². The Morgan fingerprint density at radius 2 is 1.71 bits per heavy atom. The van der Waals surface area contributed by atoms with Crippen LogP contribution in [0.2, 0.25) is 0 Å². The fourth-order valence-electron chi connectivity index (χ4n) is 3.77. The third-order valence-electron chi connectivity index (χ3n) is 5.20. The number of aromatic nitrogens is 2. The maximum Gasteiger partial charge on any atom is 0.258 e. The van der Waals surface area contributed by atoms with Gasteiger partial charge in [-0.3, -0.25) is 9.78 Å². The third kappa shape index (κ3) is 2.50. The Morgan fingerprint density at radius 3 is 2.46 bits per heavy atom. The highest BCUT2D eigenvalue weighted by atomic mass is 16.3. The predicted octanol–water partition coefficient (Wildman–Crippen LogP) is 3.59. The molecule has 1 aliphatic rings. The van der Waals surface area contributed by atoms with Crippen molar-refractivity contribution in [1.29, 1.82) is 0 Å². The van der Waals surface area contributed by atoms with E-state index in [-0.39, 0.29) is 23.0 Å². The van der Waals surface area contributed by atoms with E-state index >= 15 is 0 Å². The number of aromatic hydroxyl groups is 2. The normalized spacial score (nSPS) is 13.1. The van der Waals surface area contributed by atoms with Crippen molar-refractivity contribution < 1.29 is 15.0 Å². The summed E-state index contributed by atoms with van der Waals surface area (Å²) in [6, 6.07) is 14.4. The van der Waals surface area contributed by atoms with E-state index < -0.39 is 0 Å². The summed E-state index contributed by atoms with van der Waals surface area (Å²) in [5.74, 6) is -0.610. The number of carbonyl (C=O) groups excluding carboxylic acids is 1. The van der Waals surface area contributed by atoms with E-state index in [1.165, 1.54) is 12.1 Å². The van der Waals surface area contributed by atoms with Crippen molar-refractivity contribution in [2.45, 2.75) is 13.1 Å². The van der Waals surface area contributed by atoms with E-state index in [9.17, 15) is 15.0 Å². The van der Waals surface area contributed by atoms with Gasteiger partial charge < -0.3 is 19.7 Å². The van der Waals surface area contributed by atoms with Crippen molar-refractivity contribution in [3.63, 3.8) is 0 Å². The van der Waals surface area contributed by atoms with Gasteiger partial charge in [0, 0.05) is 43.1 Å². The Labute approximate surface area is 160 Å². The average molecular weight is 371 g/mol. The SMILES string of the molecule is O=C(c1cc(-n2ccc3cnccc32)c(O)cc1O)N1Cc2ccccc2C1. The number of benzene rings is 2. The highest BCUT2D eigenvalue weighted by Crippen LogP contribution is 2.34. The predicted molar refractivity (Wildman–Crippen MR) is 104 cm³/mol. The fourth-order valence-corrected chi connectivity index (χ4v) is 3.77. The summed E-state index contributed by atoms with van der Waals surface area (Å²) in [7, 11) is 0. The van der Waals surface area contributed by atoms with Gasteiger partial charge in [-0.05, 0) is 29.3 Å². The van der Waals surface area contributed by atoms with Gasteiger partial charge in [0.15, 0.2) is 0 Å². The van der Waals surface area contributed by atoms with E-state index in [0.29, 0.717) is 18.8 Å². The van der Waals surface area contributed by atoms with Crippen molar-refractivity contribution in [2.24, 2.45) is 0 Å². The molecule has 3 heterocycles. The number of hydrogen-bond donors (Lipinski definition) is 2. The Balaban J connectivity index is 1.56. The number of rotatable bonds is 2. The molecule has 2 aromatic carbocycles. The second-order valence-corrected chi connectivity index (χ2v) is 6.91. The van der Waals surface area contributed by atoms with Crippen LogP contribution in [-0.2, 0) is 13.1 Å². The number of amides is 1. The molecule has 2 N–H and O–H groups in total. The minimum absolute atomic E-state index is 0.104. The van der Waals surface area contributed by atoms with Gasteiger partial charge >= 0.3 is 0 Å². The number of nitrogens with zero attached hydrogens (tertiary/aromatic N) is 3. The lowest BCUT2D eigenvalue weighted by molar-refractivity contribution is 0.0748. The molecule has 28 heavy (non-hydrogen) atoms. The Morgan fingerprint density at radius 1 is 0.964 bits per heavy atom. The summed E-state index contributed by atoms with van der Waals surface area (Å²) in [5.41, 5.74) is 3.66. The molecule has 0 saturated heterocycles. The van der Waals surface area contributed by atoms with E-state index in [0.717, 1.165) is 22.0 Å². The molecule has 0 saturated carbocycles. The lowest BCUT2D eigenvalue weighted by Crippen LogP contribution is -2.25. The van der Waals surface area contributed by atoms with Crippen molar-refractivity contribution in [1.82, 2.24) is 14.5 Å². The molecule has 0 spiro atoms. The molecule has 0 unspecified atom stereocenters. The molecule has 138 valence electrons. The second-order valence-electron chi connectivity index (χ2n) is 6.91. The van der Waals surface area contributed by atoms with E-state index in [1.54, 1.807) is 28.1 Å². The van der Waals surface area contributed by atoms with Gasteiger partial charge in [0.25, 0.3) is 5.91 Å². The lowest BCUT2D eigenvalue weighted by atomic mass is 10.1. The van der Waals surface area contributed by atoms with E-state index in [2.05, 4.69) is 4.98 Å². The third-order valence-corrected chi connectivity index (χ3v) is 5.20. The number of hydrogen-bond acceptors (Lipinski definition) is 4. The van der Waals surface area contributed by atoms with Crippen LogP contribution in [0.5, 0.6) is 11.5 Å². The maximum atomic E-state index is 13.1. The topological polar surface area (TPSA) is 78.6 Å². The summed E-state index contributed by atoms with van der Waals surface area (Å²) >= 11 is 0. The van der Waals surface area contributed by atoms with E-state index in [4.69, 9.17) is 0 Å². The molecule has 6 nitrogen and oxygen atoms in total. The van der Waals surface area contributed by atoms with Gasteiger partial charge in [-0.2, -0.15) is 0 Å². The Bertz CT molecular complexity index is 1200. The molecule has 0 atom stereocenters. The average Bonchev–Trinajstić information content (AvgIpc) is 3.32. The van der Waals surface area contributed by atoms with Crippen LogP contribution < -0.4 is 0 Å². The van der Waals surface area contributed by atoms with Crippen molar-refractivity contribution in [3.8, 4) is 17.2 Å². The van der Waals surface area contributed by atoms with Gasteiger partial charge in [-0.1, -0.05) is 24.3 Å². The van der Waals surface area contributed by atoms with Crippen molar-refractivity contribution in [2.75, 3.05) is 0 Å². The molecule has 0 aliphatic carbocycles. The number of phenolic OH excluding ortho intramolecular Hbond substituents is 2. The molecule has 0 radical (unpaired) electrons. The molecule has 0 bridgehead atoms. The monoisotopic (exact) mass is 371 g/mol. The van der Waals surface area contributed by atoms with Gasteiger partial charge in [-0.25, -0.2) is 0 Å². The number of pyridine rings is 1. The quantitative estimate of drug-likeness (QED) is 0.564. The maximum absolute atomic E-state index is 13.1. The van der Waals surface area contributed by atoms with Crippen LogP contribution in [0.1, 0.15) is 21.5 Å². The number of carbonyl (C=O) groups is 1. The zero-order chi connectivity index (χ0) is 19.3.